The van der Waals surface area contributed by atoms with E-state index in [-0.39, 0.29) is 17.1 Å². The normalized spacial score (nSPS) is 10.3. The van der Waals surface area contributed by atoms with Crippen molar-refractivity contribution < 1.29 is 19.4 Å². The lowest BCUT2D eigenvalue weighted by Crippen LogP contribution is -1.98. The Balaban J connectivity index is 2.59. The Morgan fingerprint density at radius 2 is 1.72 bits per heavy atom. The van der Waals surface area contributed by atoms with Gasteiger partial charge in [0.15, 0.2) is 0 Å². The number of phenols is 1. The van der Waals surface area contributed by atoms with Gasteiger partial charge < -0.3 is 10.2 Å². The fourth-order valence-corrected chi connectivity index (χ4v) is 1.75. The van der Waals surface area contributed by atoms with E-state index in [9.17, 15) is 14.3 Å². The molecule has 3 nitrogen and oxygen atoms in total. The number of halogens is 1. The Morgan fingerprint density at radius 3 is 2.28 bits per heavy atom. The molecule has 2 rings (SSSR count). The van der Waals surface area contributed by atoms with Crippen LogP contribution in [0.25, 0.3) is 11.1 Å². The molecule has 0 unspecified atom stereocenters. The maximum absolute atomic E-state index is 12.8. The molecular formula is C14H11FO3. The highest BCUT2D eigenvalue weighted by Gasteiger charge is 2.14. The minimum atomic E-state index is -1.19. The highest BCUT2D eigenvalue weighted by atomic mass is 19.1. The van der Waals surface area contributed by atoms with Crippen molar-refractivity contribution in [3.05, 3.63) is 53.3 Å². The molecule has 18 heavy (non-hydrogen) atoms. The molecule has 0 atom stereocenters. The van der Waals surface area contributed by atoms with Gasteiger partial charge in [-0.15, -0.1) is 0 Å². The van der Waals surface area contributed by atoms with Crippen LogP contribution >= 0.6 is 0 Å². The van der Waals surface area contributed by atoms with E-state index in [0.29, 0.717) is 16.7 Å². The summed E-state index contributed by atoms with van der Waals surface area (Å²) in [5.74, 6) is -1.79. The smallest absolute Gasteiger partial charge is 0.339 e. The van der Waals surface area contributed by atoms with Gasteiger partial charge in [-0.3, -0.25) is 0 Å². The van der Waals surface area contributed by atoms with Crippen LogP contribution in [-0.4, -0.2) is 16.2 Å². The lowest BCUT2D eigenvalue weighted by molar-refractivity contribution is 0.0693. The molecule has 2 N–H and O–H groups in total. The van der Waals surface area contributed by atoms with E-state index >= 15 is 0 Å². The van der Waals surface area contributed by atoms with Crippen LogP contribution in [0.15, 0.2) is 36.4 Å². The van der Waals surface area contributed by atoms with Crippen molar-refractivity contribution in [3.63, 3.8) is 0 Å². The van der Waals surface area contributed by atoms with Gasteiger partial charge in [0.05, 0.1) is 0 Å². The summed E-state index contributed by atoms with van der Waals surface area (Å²) in [7, 11) is 0. The van der Waals surface area contributed by atoms with Gasteiger partial charge in [-0.05, 0) is 47.9 Å². The third-order valence-electron chi connectivity index (χ3n) is 2.71. The highest BCUT2D eigenvalue weighted by molar-refractivity contribution is 5.93. The van der Waals surface area contributed by atoms with Crippen molar-refractivity contribution in [1.82, 2.24) is 0 Å². The molecule has 0 aliphatic heterocycles. The van der Waals surface area contributed by atoms with Gasteiger partial charge in [0.1, 0.15) is 17.1 Å². The Hall–Kier alpha value is -2.36. The predicted octanol–water partition coefficient (Wildman–Crippen LogP) is 3.20. The lowest BCUT2D eigenvalue weighted by atomic mass is 9.99. The molecular weight excluding hydrogens is 235 g/mol. The van der Waals surface area contributed by atoms with E-state index < -0.39 is 5.97 Å². The molecule has 0 saturated carbocycles. The number of benzene rings is 2. The maximum atomic E-state index is 12.8. The molecule has 0 fully saturated rings. The van der Waals surface area contributed by atoms with Crippen molar-refractivity contribution in [2.24, 2.45) is 0 Å². The second-order valence-electron chi connectivity index (χ2n) is 4.00. The van der Waals surface area contributed by atoms with Gasteiger partial charge in [0.25, 0.3) is 0 Å². The van der Waals surface area contributed by atoms with Crippen molar-refractivity contribution >= 4 is 5.97 Å². The van der Waals surface area contributed by atoms with Gasteiger partial charge >= 0.3 is 5.97 Å². The summed E-state index contributed by atoms with van der Waals surface area (Å²) in [4.78, 5) is 11.0. The molecule has 0 aliphatic rings. The standard InChI is InChI=1S/C14H11FO3/c1-8-6-10(7-12(13(8)16)14(17)18)9-2-4-11(15)5-3-9/h2-7,16H,1H3,(H,17,18). The van der Waals surface area contributed by atoms with Crippen LogP contribution in [0.5, 0.6) is 5.75 Å². The molecule has 2 aromatic carbocycles. The van der Waals surface area contributed by atoms with Gasteiger partial charge in [0.2, 0.25) is 0 Å². The van der Waals surface area contributed by atoms with Crippen LogP contribution in [0.2, 0.25) is 0 Å². The molecule has 92 valence electrons. The summed E-state index contributed by atoms with van der Waals surface area (Å²) in [6.07, 6.45) is 0. The molecule has 0 saturated heterocycles. The lowest BCUT2D eigenvalue weighted by Gasteiger charge is -2.08. The Kier molecular flexibility index (Phi) is 3.02. The van der Waals surface area contributed by atoms with Crippen molar-refractivity contribution in [2.45, 2.75) is 6.92 Å². The Labute approximate surface area is 103 Å². The molecule has 0 aliphatic carbocycles. The molecule has 4 heteroatoms. The molecule has 0 heterocycles. The second kappa shape index (κ2) is 4.49. The summed E-state index contributed by atoms with van der Waals surface area (Å²) in [5, 5.41) is 18.6. The molecule has 0 spiro atoms. The van der Waals surface area contributed by atoms with E-state index in [2.05, 4.69) is 0 Å². The monoisotopic (exact) mass is 246 g/mol. The van der Waals surface area contributed by atoms with Gasteiger partial charge in [-0.2, -0.15) is 0 Å². The quantitative estimate of drug-likeness (QED) is 0.855. The van der Waals surface area contributed by atoms with Crippen molar-refractivity contribution in [1.29, 1.82) is 0 Å². The number of hydrogen-bond donors (Lipinski definition) is 2. The number of carbonyl (C=O) groups is 1. The van der Waals surface area contributed by atoms with E-state index in [0.717, 1.165) is 0 Å². The molecule has 0 bridgehead atoms. The largest absolute Gasteiger partial charge is 0.507 e. The van der Waals surface area contributed by atoms with E-state index in [1.807, 2.05) is 0 Å². The van der Waals surface area contributed by atoms with E-state index in [4.69, 9.17) is 5.11 Å². The topological polar surface area (TPSA) is 57.5 Å². The fourth-order valence-electron chi connectivity index (χ4n) is 1.75. The number of rotatable bonds is 2. The van der Waals surface area contributed by atoms with Crippen LogP contribution < -0.4 is 0 Å². The zero-order valence-corrected chi connectivity index (χ0v) is 9.64. The number of hydrogen-bond acceptors (Lipinski definition) is 2. The van der Waals surface area contributed by atoms with Gasteiger partial charge in [0, 0.05) is 0 Å². The first-order valence-electron chi connectivity index (χ1n) is 5.32. The average molecular weight is 246 g/mol. The second-order valence-corrected chi connectivity index (χ2v) is 4.00. The van der Waals surface area contributed by atoms with Crippen LogP contribution in [0.4, 0.5) is 4.39 Å². The zero-order valence-electron chi connectivity index (χ0n) is 9.64. The summed E-state index contributed by atoms with van der Waals surface area (Å²) >= 11 is 0. The van der Waals surface area contributed by atoms with Gasteiger partial charge in [-0.1, -0.05) is 12.1 Å². The summed E-state index contributed by atoms with van der Waals surface area (Å²) < 4.78 is 12.8. The summed E-state index contributed by atoms with van der Waals surface area (Å²) in [6, 6.07) is 8.77. The number of aryl methyl sites for hydroxylation is 1. The van der Waals surface area contributed by atoms with E-state index in [1.54, 1.807) is 25.1 Å². The van der Waals surface area contributed by atoms with Crippen LogP contribution in [0, 0.1) is 12.7 Å². The fraction of sp³-hybridized carbons (Fsp3) is 0.0714. The zero-order chi connectivity index (χ0) is 13.3. The van der Waals surface area contributed by atoms with Crippen LogP contribution in [0.3, 0.4) is 0 Å². The van der Waals surface area contributed by atoms with Gasteiger partial charge in [-0.25, -0.2) is 9.18 Å². The van der Waals surface area contributed by atoms with E-state index in [1.165, 1.54) is 18.2 Å². The summed E-state index contributed by atoms with van der Waals surface area (Å²) in [6.45, 7) is 1.62. The van der Waals surface area contributed by atoms with Crippen molar-refractivity contribution in [3.8, 4) is 16.9 Å². The van der Waals surface area contributed by atoms with Crippen LogP contribution in [0.1, 0.15) is 15.9 Å². The van der Waals surface area contributed by atoms with Crippen LogP contribution in [-0.2, 0) is 0 Å². The third kappa shape index (κ3) is 2.18. The predicted molar refractivity (Wildman–Crippen MR) is 65.2 cm³/mol. The molecule has 0 aromatic heterocycles. The first-order chi connectivity index (χ1) is 8.49. The molecule has 2 aromatic rings. The first kappa shape index (κ1) is 12.1. The third-order valence-corrected chi connectivity index (χ3v) is 2.71. The Bertz CT molecular complexity index is 603. The maximum Gasteiger partial charge on any atom is 0.339 e. The Morgan fingerprint density at radius 1 is 1.11 bits per heavy atom. The summed E-state index contributed by atoms with van der Waals surface area (Å²) in [5.41, 5.74) is 1.63. The number of aromatic hydroxyl groups is 1. The highest BCUT2D eigenvalue weighted by Crippen LogP contribution is 2.29. The van der Waals surface area contributed by atoms with Crippen molar-refractivity contribution in [2.75, 3.05) is 0 Å². The minimum Gasteiger partial charge on any atom is -0.507 e. The number of aromatic carboxylic acids is 1. The molecule has 0 amide bonds. The SMILES string of the molecule is Cc1cc(-c2ccc(F)cc2)cc(C(=O)O)c1O. The minimum absolute atomic E-state index is 0.158. The number of carboxylic acid groups (broad SMARTS) is 1. The molecule has 0 radical (unpaired) electrons. The first-order valence-corrected chi connectivity index (χ1v) is 5.32. The number of carboxylic acids is 1. The average Bonchev–Trinajstić information content (AvgIpc) is 2.33.